The Morgan fingerprint density at radius 2 is 2.39 bits per heavy atom. The molecule has 18 heavy (non-hydrogen) atoms. The summed E-state index contributed by atoms with van der Waals surface area (Å²) < 4.78 is 1.90. The van der Waals surface area contributed by atoms with E-state index >= 15 is 0 Å². The summed E-state index contributed by atoms with van der Waals surface area (Å²) in [6.45, 7) is 2.95. The van der Waals surface area contributed by atoms with E-state index in [9.17, 15) is 5.11 Å². The van der Waals surface area contributed by atoms with Gasteiger partial charge in [-0.2, -0.15) is 5.10 Å². The molecule has 1 aromatic carbocycles. The number of hydrogen-bond acceptors (Lipinski definition) is 3. The predicted octanol–water partition coefficient (Wildman–Crippen LogP) is 2.71. The number of aromatic hydroxyl groups is 1. The average molecular weight is 243 g/mol. The van der Waals surface area contributed by atoms with Crippen molar-refractivity contribution in [3.8, 4) is 5.75 Å². The van der Waals surface area contributed by atoms with Crippen molar-refractivity contribution in [1.82, 2.24) is 9.78 Å². The first-order chi connectivity index (χ1) is 8.78. The van der Waals surface area contributed by atoms with Gasteiger partial charge in [0.05, 0.1) is 17.9 Å². The Bertz CT molecular complexity index is 562. The van der Waals surface area contributed by atoms with Gasteiger partial charge in [0.25, 0.3) is 0 Å². The molecule has 0 saturated carbocycles. The van der Waals surface area contributed by atoms with Gasteiger partial charge >= 0.3 is 0 Å². The van der Waals surface area contributed by atoms with Crippen molar-refractivity contribution in [2.75, 3.05) is 5.32 Å². The maximum Gasteiger partial charge on any atom is 0.119 e. The largest absolute Gasteiger partial charge is 0.508 e. The summed E-state index contributed by atoms with van der Waals surface area (Å²) in [5, 5.41) is 17.6. The minimum Gasteiger partial charge on any atom is -0.508 e. The highest BCUT2D eigenvalue weighted by molar-refractivity contribution is 5.49. The number of nitrogens with one attached hydrogen (secondary N) is 1. The van der Waals surface area contributed by atoms with Gasteiger partial charge in [-0.05, 0) is 37.0 Å². The first kappa shape index (κ1) is 11.1. The van der Waals surface area contributed by atoms with E-state index in [1.807, 2.05) is 23.1 Å². The van der Waals surface area contributed by atoms with E-state index < -0.39 is 0 Å². The van der Waals surface area contributed by atoms with Gasteiger partial charge in [0.1, 0.15) is 5.75 Å². The molecule has 1 aliphatic carbocycles. The van der Waals surface area contributed by atoms with Gasteiger partial charge in [0.2, 0.25) is 0 Å². The molecule has 1 unspecified atom stereocenters. The van der Waals surface area contributed by atoms with Crippen LogP contribution in [0.5, 0.6) is 5.75 Å². The molecule has 0 saturated heterocycles. The second-order valence-electron chi connectivity index (χ2n) is 4.67. The van der Waals surface area contributed by atoms with Gasteiger partial charge < -0.3 is 10.4 Å². The molecule has 3 rings (SSSR count). The SMILES string of the molecule is CCn1cc(NC2CCc3c(O)cccc32)cn1. The lowest BCUT2D eigenvalue weighted by atomic mass is 10.1. The van der Waals surface area contributed by atoms with Gasteiger partial charge in [-0.3, -0.25) is 4.68 Å². The molecule has 0 fully saturated rings. The zero-order valence-corrected chi connectivity index (χ0v) is 10.4. The van der Waals surface area contributed by atoms with E-state index in [1.165, 1.54) is 5.56 Å². The highest BCUT2D eigenvalue weighted by Crippen LogP contribution is 2.37. The Morgan fingerprint density at radius 3 is 3.17 bits per heavy atom. The molecular weight excluding hydrogens is 226 g/mol. The van der Waals surface area contributed by atoms with Crippen molar-refractivity contribution in [2.24, 2.45) is 0 Å². The topological polar surface area (TPSA) is 50.1 Å². The number of benzene rings is 1. The van der Waals surface area contributed by atoms with Crippen LogP contribution >= 0.6 is 0 Å². The van der Waals surface area contributed by atoms with Gasteiger partial charge in [-0.1, -0.05) is 12.1 Å². The quantitative estimate of drug-likeness (QED) is 0.871. The fraction of sp³-hybridized carbons (Fsp3) is 0.357. The Hall–Kier alpha value is -1.97. The molecule has 0 radical (unpaired) electrons. The molecule has 4 nitrogen and oxygen atoms in total. The summed E-state index contributed by atoms with van der Waals surface area (Å²) in [5.41, 5.74) is 3.33. The summed E-state index contributed by atoms with van der Waals surface area (Å²) in [6.07, 6.45) is 5.82. The van der Waals surface area contributed by atoms with E-state index in [-0.39, 0.29) is 6.04 Å². The Labute approximate surface area is 106 Å². The summed E-state index contributed by atoms with van der Waals surface area (Å²) in [4.78, 5) is 0. The van der Waals surface area contributed by atoms with Crippen LogP contribution in [-0.2, 0) is 13.0 Å². The first-order valence-corrected chi connectivity index (χ1v) is 6.37. The van der Waals surface area contributed by atoms with Crippen LogP contribution in [0.1, 0.15) is 30.5 Å². The van der Waals surface area contributed by atoms with Crippen LogP contribution in [0.4, 0.5) is 5.69 Å². The minimum atomic E-state index is 0.279. The van der Waals surface area contributed by atoms with Crippen LogP contribution in [0, 0.1) is 0 Å². The number of aromatic nitrogens is 2. The van der Waals surface area contributed by atoms with E-state index in [0.717, 1.165) is 30.6 Å². The second-order valence-corrected chi connectivity index (χ2v) is 4.67. The van der Waals surface area contributed by atoms with Crippen LogP contribution < -0.4 is 5.32 Å². The third-order valence-electron chi connectivity index (χ3n) is 3.54. The van der Waals surface area contributed by atoms with E-state index in [4.69, 9.17) is 0 Å². The van der Waals surface area contributed by atoms with E-state index in [0.29, 0.717) is 5.75 Å². The lowest BCUT2D eigenvalue weighted by Gasteiger charge is -2.13. The number of fused-ring (bicyclic) bond motifs is 1. The van der Waals surface area contributed by atoms with Crippen LogP contribution in [0.15, 0.2) is 30.6 Å². The number of phenols is 1. The highest BCUT2D eigenvalue weighted by atomic mass is 16.3. The number of anilines is 1. The first-order valence-electron chi connectivity index (χ1n) is 6.37. The summed E-state index contributed by atoms with van der Waals surface area (Å²) >= 11 is 0. The number of phenolic OH excluding ortho intramolecular Hbond substituents is 1. The van der Waals surface area contributed by atoms with Gasteiger partial charge in [0, 0.05) is 12.7 Å². The second kappa shape index (κ2) is 4.37. The Morgan fingerprint density at radius 1 is 1.50 bits per heavy atom. The molecule has 1 atom stereocenters. The molecule has 0 spiro atoms. The molecule has 0 amide bonds. The van der Waals surface area contributed by atoms with Gasteiger partial charge in [-0.25, -0.2) is 0 Å². The summed E-state index contributed by atoms with van der Waals surface area (Å²) in [7, 11) is 0. The standard InChI is InChI=1S/C14H17N3O/c1-2-17-9-10(8-15-17)16-13-7-6-12-11(13)4-3-5-14(12)18/h3-5,8-9,13,16,18H,2,6-7H2,1H3. The lowest BCUT2D eigenvalue weighted by Crippen LogP contribution is -2.06. The van der Waals surface area contributed by atoms with Crippen molar-refractivity contribution in [1.29, 1.82) is 0 Å². The van der Waals surface area contributed by atoms with Gasteiger partial charge in [0.15, 0.2) is 0 Å². The molecule has 1 aromatic heterocycles. The Kier molecular flexibility index (Phi) is 2.70. The smallest absolute Gasteiger partial charge is 0.119 e. The molecule has 0 bridgehead atoms. The number of aryl methyl sites for hydroxylation is 1. The van der Waals surface area contributed by atoms with Crippen LogP contribution in [0.3, 0.4) is 0 Å². The third kappa shape index (κ3) is 1.83. The molecule has 2 aromatic rings. The zero-order valence-electron chi connectivity index (χ0n) is 10.4. The minimum absolute atomic E-state index is 0.279. The molecule has 0 aliphatic heterocycles. The Balaban J connectivity index is 1.82. The van der Waals surface area contributed by atoms with Crippen LogP contribution in [0.25, 0.3) is 0 Å². The van der Waals surface area contributed by atoms with Crippen molar-refractivity contribution < 1.29 is 5.11 Å². The number of hydrogen-bond donors (Lipinski definition) is 2. The molecular formula is C14H17N3O. The maximum atomic E-state index is 9.81. The molecule has 1 heterocycles. The monoisotopic (exact) mass is 243 g/mol. The van der Waals surface area contributed by atoms with Gasteiger partial charge in [-0.15, -0.1) is 0 Å². The van der Waals surface area contributed by atoms with E-state index in [2.05, 4.69) is 23.4 Å². The predicted molar refractivity (Wildman–Crippen MR) is 70.7 cm³/mol. The van der Waals surface area contributed by atoms with Crippen LogP contribution in [-0.4, -0.2) is 14.9 Å². The fourth-order valence-corrected chi connectivity index (χ4v) is 2.60. The van der Waals surface area contributed by atoms with Crippen molar-refractivity contribution in [3.05, 3.63) is 41.7 Å². The zero-order chi connectivity index (χ0) is 12.5. The van der Waals surface area contributed by atoms with Crippen LogP contribution in [0.2, 0.25) is 0 Å². The molecule has 94 valence electrons. The molecule has 4 heteroatoms. The average Bonchev–Trinajstić information content (AvgIpc) is 2.98. The number of nitrogens with zero attached hydrogens (tertiary/aromatic N) is 2. The maximum absolute atomic E-state index is 9.81. The normalized spacial score (nSPS) is 17.7. The fourth-order valence-electron chi connectivity index (χ4n) is 2.60. The van der Waals surface area contributed by atoms with Crippen molar-refractivity contribution in [2.45, 2.75) is 32.4 Å². The van der Waals surface area contributed by atoms with Crippen molar-refractivity contribution >= 4 is 5.69 Å². The molecule has 2 N–H and O–H groups in total. The number of rotatable bonds is 3. The van der Waals surface area contributed by atoms with Crippen molar-refractivity contribution in [3.63, 3.8) is 0 Å². The highest BCUT2D eigenvalue weighted by Gasteiger charge is 2.24. The third-order valence-corrected chi connectivity index (χ3v) is 3.54. The van der Waals surface area contributed by atoms with E-state index in [1.54, 1.807) is 6.07 Å². The summed E-state index contributed by atoms with van der Waals surface area (Å²) in [5.74, 6) is 0.418. The summed E-state index contributed by atoms with van der Waals surface area (Å²) in [6, 6.07) is 6.03. The molecule has 1 aliphatic rings. The lowest BCUT2D eigenvalue weighted by molar-refractivity contribution is 0.469.